The molecule has 0 bridgehead atoms. The third-order valence-corrected chi connectivity index (χ3v) is 4.82. The number of benzene rings is 1. The topological polar surface area (TPSA) is 81.4 Å². The van der Waals surface area contributed by atoms with Gasteiger partial charge in [-0.15, -0.1) is 0 Å². The van der Waals surface area contributed by atoms with Gasteiger partial charge in [0.2, 0.25) is 10.0 Å². The van der Waals surface area contributed by atoms with Crippen molar-refractivity contribution in [2.75, 3.05) is 19.8 Å². The summed E-state index contributed by atoms with van der Waals surface area (Å²) in [6.07, 6.45) is 3.02. The Labute approximate surface area is 124 Å². The van der Waals surface area contributed by atoms with Crippen LogP contribution in [0, 0.1) is 11.7 Å². The van der Waals surface area contributed by atoms with Crippen LogP contribution in [-0.2, 0) is 21.3 Å². The Hall–Kier alpha value is -1.02. The summed E-state index contributed by atoms with van der Waals surface area (Å²) in [7, 11) is -3.83. The SMILES string of the molecule is NCc1ccc(S(=O)(=O)NCCCOCC2CC2)c(F)c1. The molecule has 0 unspecified atom stereocenters. The molecule has 1 aromatic carbocycles. The smallest absolute Gasteiger partial charge is 0.243 e. The lowest BCUT2D eigenvalue weighted by atomic mass is 10.2. The molecule has 0 atom stereocenters. The summed E-state index contributed by atoms with van der Waals surface area (Å²) in [4.78, 5) is -0.349. The molecule has 1 aromatic rings. The Morgan fingerprint density at radius 2 is 2.14 bits per heavy atom. The van der Waals surface area contributed by atoms with Crippen LogP contribution in [0.5, 0.6) is 0 Å². The number of nitrogens with two attached hydrogens (primary N) is 1. The average Bonchev–Trinajstić information content (AvgIpc) is 3.26. The molecule has 7 heteroatoms. The number of sulfonamides is 1. The van der Waals surface area contributed by atoms with Crippen molar-refractivity contribution < 1.29 is 17.5 Å². The van der Waals surface area contributed by atoms with E-state index in [0.717, 1.165) is 12.7 Å². The molecule has 0 spiro atoms. The van der Waals surface area contributed by atoms with Crippen LogP contribution in [0.15, 0.2) is 23.1 Å². The van der Waals surface area contributed by atoms with Gasteiger partial charge in [-0.3, -0.25) is 0 Å². The van der Waals surface area contributed by atoms with E-state index in [2.05, 4.69) is 4.72 Å². The minimum absolute atomic E-state index is 0.170. The maximum atomic E-state index is 13.8. The molecule has 0 aromatic heterocycles. The molecule has 21 heavy (non-hydrogen) atoms. The lowest BCUT2D eigenvalue weighted by molar-refractivity contribution is 0.123. The van der Waals surface area contributed by atoms with Gasteiger partial charge in [-0.25, -0.2) is 17.5 Å². The van der Waals surface area contributed by atoms with Gasteiger partial charge in [-0.2, -0.15) is 0 Å². The second-order valence-corrected chi connectivity index (χ2v) is 6.97. The fraction of sp³-hybridized carbons (Fsp3) is 0.571. The average molecular weight is 316 g/mol. The van der Waals surface area contributed by atoms with Gasteiger partial charge in [0.1, 0.15) is 10.7 Å². The molecular formula is C14H21FN2O3S. The van der Waals surface area contributed by atoms with Crippen molar-refractivity contribution in [2.24, 2.45) is 11.7 Å². The first-order valence-electron chi connectivity index (χ1n) is 7.09. The molecule has 1 fully saturated rings. The zero-order valence-electron chi connectivity index (χ0n) is 11.8. The minimum atomic E-state index is -3.83. The Morgan fingerprint density at radius 1 is 1.38 bits per heavy atom. The van der Waals surface area contributed by atoms with Gasteiger partial charge in [0, 0.05) is 26.3 Å². The van der Waals surface area contributed by atoms with Gasteiger partial charge in [0.25, 0.3) is 0 Å². The third kappa shape index (κ3) is 5.03. The molecule has 1 aliphatic rings. The van der Waals surface area contributed by atoms with Gasteiger partial charge in [-0.1, -0.05) is 6.07 Å². The fourth-order valence-electron chi connectivity index (χ4n) is 1.88. The molecule has 1 aliphatic carbocycles. The summed E-state index contributed by atoms with van der Waals surface area (Å²) >= 11 is 0. The second-order valence-electron chi connectivity index (χ2n) is 5.24. The minimum Gasteiger partial charge on any atom is -0.381 e. The first-order valence-corrected chi connectivity index (χ1v) is 8.57. The molecule has 0 aliphatic heterocycles. The van der Waals surface area contributed by atoms with E-state index in [1.165, 1.54) is 25.0 Å². The zero-order valence-corrected chi connectivity index (χ0v) is 12.7. The van der Waals surface area contributed by atoms with Crippen LogP contribution < -0.4 is 10.5 Å². The second kappa shape index (κ2) is 7.31. The molecule has 3 N–H and O–H groups in total. The Balaban J connectivity index is 1.80. The number of nitrogens with one attached hydrogen (secondary N) is 1. The standard InChI is InChI=1S/C14H21FN2O3S/c15-13-8-12(9-16)4-5-14(13)21(18,19)17-6-1-7-20-10-11-2-3-11/h4-5,8,11,17H,1-3,6-7,9-10,16H2. The van der Waals surface area contributed by atoms with E-state index < -0.39 is 15.8 Å². The van der Waals surface area contributed by atoms with Crippen LogP contribution in [0.1, 0.15) is 24.8 Å². The van der Waals surface area contributed by atoms with Crippen molar-refractivity contribution in [3.05, 3.63) is 29.6 Å². The predicted octanol–water partition coefficient (Wildman–Crippen LogP) is 1.38. The van der Waals surface area contributed by atoms with Crippen LogP contribution in [0.3, 0.4) is 0 Å². The molecule has 1 saturated carbocycles. The lowest BCUT2D eigenvalue weighted by Gasteiger charge is -2.09. The maximum Gasteiger partial charge on any atom is 0.243 e. The van der Waals surface area contributed by atoms with Crippen LogP contribution in [0.2, 0.25) is 0 Å². The largest absolute Gasteiger partial charge is 0.381 e. The highest BCUT2D eigenvalue weighted by molar-refractivity contribution is 7.89. The summed E-state index contributed by atoms with van der Waals surface area (Å²) in [6, 6.07) is 3.90. The molecule has 118 valence electrons. The number of ether oxygens (including phenoxy) is 1. The monoisotopic (exact) mass is 316 g/mol. The van der Waals surface area contributed by atoms with Crippen LogP contribution >= 0.6 is 0 Å². The number of hydrogen-bond donors (Lipinski definition) is 2. The highest BCUT2D eigenvalue weighted by Gasteiger charge is 2.21. The molecule has 0 saturated heterocycles. The number of rotatable bonds is 9. The van der Waals surface area contributed by atoms with E-state index >= 15 is 0 Å². The zero-order chi connectivity index (χ0) is 15.3. The van der Waals surface area contributed by atoms with Gasteiger partial charge in [0.05, 0.1) is 0 Å². The quantitative estimate of drug-likeness (QED) is 0.674. The molecule has 0 radical (unpaired) electrons. The Bertz CT molecular complexity index is 574. The van der Waals surface area contributed by atoms with Crippen molar-refractivity contribution in [2.45, 2.75) is 30.7 Å². The molecule has 2 rings (SSSR count). The maximum absolute atomic E-state index is 13.8. The van der Waals surface area contributed by atoms with Crippen molar-refractivity contribution in [1.29, 1.82) is 0 Å². The van der Waals surface area contributed by atoms with Gasteiger partial charge < -0.3 is 10.5 Å². The van der Waals surface area contributed by atoms with E-state index in [9.17, 15) is 12.8 Å². The molecule has 5 nitrogen and oxygen atoms in total. The van der Waals surface area contributed by atoms with Crippen LogP contribution in [0.25, 0.3) is 0 Å². The van der Waals surface area contributed by atoms with Crippen LogP contribution in [0.4, 0.5) is 4.39 Å². The lowest BCUT2D eigenvalue weighted by Crippen LogP contribution is -2.26. The molecular weight excluding hydrogens is 295 g/mol. The molecule has 0 amide bonds. The highest BCUT2D eigenvalue weighted by atomic mass is 32.2. The first kappa shape index (κ1) is 16.4. The van der Waals surface area contributed by atoms with Gasteiger partial charge in [0.15, 0.2) is 0 Å². The van der Waals surface area contributed by atoms with Crippen molar-refractivity contribution in [3.63, 3.8) is 0 Å². The first-order chi connectivity index (χ1) is 10.0. The predicted molar refractivity (Wildman–Crippen MR) is 77.6 cm³/mol. The van der Waals surface area contributed by atoms with Crippen molar-refractivity contribution >= 4 is 10.0 Å². The Morgan fingerprint density at radius 3 is 2.76 bits per heavy atom. The van der Waals surface area contributed by atoms with Crippen molar-refractivity contribution in [3.8, 4) is 0 Å². The summed E-state index contributed by atoms with van der Waals surface area (Å²) in [5, 5.41) is 0. The van der Waals surface area contributed by atoms with Crippen molar-refractivity contribution in [1.82, 2.24) is 4.72 Å². The third-order valence-electron chi connectivity index (χ3n) is 3.33. The summed E-state index contributed by atoms with van der Waals surface area (Å²) < 4.78 is 45.5. The van der Waals surface area contributed by atoms with Gasteiger partial charge in [-0.05, 0) is 42.9 Å². The fourth-order valence-corrected chi connectivity index (χ4v) is 3.01. The van der Waals surface area contributed by atoms with Crippen LogP contribution in [-0.4, -0.2) is 28.2 Å². The van der Waals surface area contributed by atoms with E-state index in [0.29, 0.717) is 24.5 Å². The van der Waals surface area contributed by atoms with E-state index in [1.54, 1.807) is 0 Å². The summed E-state index contributed by atoms with van der Waals surface area (Å²) in [6.45, 7) is 1.66. The molecule has 0 heterocycles. The summed E-state index contributed by atoms with van der Waals surface area (Å²) in [5.74, 6) is -0.0905. The highest BCUT2D eigenvalue weighted by Crippen LogP contribution is 2.28. The number of hydrogen-bond acceptors (Lipinski definition) is 4. The van der Waals surface area contributed by atoms with E-state index in [-0.39, 0.29) is 18.0 Å². The summed E-state index contributed by atoms with van der Waals surface area (Å²) in [5.41, 5.74) is 5.94. The van der Waals surface area contributed by atoms with E-state index in [4.69, 9.17) is 10.5 Å². The van der Waals surface area contributed by atoms with E-state index in [1.807, 2.05) is 0 Å². The van der Waals surface area contributed by atoms with Gasteiger partial charge >= 0.3 is 0 Å². The Kier molecular flexibility index (Phi) is 5.69. The normalized spacial score (nSPS) is 15.3. The number of halogens is 1.